The standard InChI is InChI=1S/C22H25N5O2/c1-15(28)26-7-9-27(10-8-26)20-12-19(24-14-25-20)21-18-11-17(29-22(2)5-6-22)4-3-16(18)13-23-21/h3-4,11-12,14H,5-10,13H2,1-2H3. The molecule has 0 bridgehead atoms. The Morgan fingerprint density at radius 1 is 1.10 bits per heavy atom. The lowest BCUT2D eigenvalue weighted by atomic mass is 10.0. The van der Waals surface area contributed by atoms with Crippen molar-refractivity contribution in [2.24, 2.45) is 4.99 Å². The number of rotatable bonds is 4. The lowest BCUT2D eigenvalue weighted by Crippen LogP contribution is -2.48. The first-order chi connectivity index (χ1) is 14.0. The number of carbonyl (C=O) groups excluding carboxylic acids is 1. The molecule has 1 aromatic carbocycles. The van der Waals surface area contributed by atoms with Crippen LogP contribution in [-0.4, -0.2) is 58.3 Å². The fraction of sp³-hybridized carbons (Fsp3) is 0.455. The normalized spacial score (nSPS) is 19.6. The third-order valence-corrected chi connectivity index (χ3v) is 6.01. The Hall–Kier alpha value is -2.96. The third-order valence-electron chi connectivity index (χ3n) is 6.01. The summed E-state index contributed by atoms with van der Waals surface area (Å²) in [6.07, 6.45) is 3.82. The minimum absolute atomic E-state index is 0.00570. The second-order valence-electron chi connectivity index (χ2n) is 8.29. The number of hydrogen-bond acceptors (Lipinski definition) is 6. The van der Waals surface area contributed by atoms with Crippen LogP contribution in [0, 0.1) is 0 Å². The van der Waals surface area contributed by atoms with Crippen molar-refractivity contribution in [3.05, 3.63) is 47.4 Å². The molecule has 1 saturated carbocycles. The van der Waals surface area contributed by atoms with Gasteiger partial charge in [-0.15, -0.1) is 0 Å². The summed E-state index contributed by atoms with van der Waals surface area (Å²) in [5, 5.41) is 0. The molecule has 1 aromatic heterocycles. The lowest BCUT2D eigenvalue weighted by molar-refractivity contribution is -0.129. The molecule has 3 heterocycles. The third kappa shape index (κ3) is 3.57. The van der Waals surface area contributed by atoms with Gasteiger partial charge in [-0.3, -0.25) is 9.79 Å². The van der Waals surface area contributed by atoms with Crippen LogP contribution in [0.3, 0.4) is 0 Å². The van der Waals surface area contributed by atoms with Crippen molar-refractivity contribution >= 4 is 17.4 Å². The number of nitrogens with zero attached hydrogens (tertiary/aromatic N) is 5. The monoisotopic (exact) mass is 391 g/mol. The molecule has 2 fully saturated rings. The van der Waals surface area contributed by atoms with Gasteiger partial charge in [-0.1, -0.05) is 6.07 Å². The zero-order chi connectivity index (χ0) is 20.0. The Bertz CT molecular complexity index is 990. The minimum atomic E-state index is -0.00570. The summed E-state index contributed by atoms with van der Waals surface area (Å²) in [4.78, 5) is 29.4. The summed E-state index contributed by atoms with van der Waals surface area (Å²) in [6.45, 7) is 7.42. The van der Waals surface area contributed by atoms with Crippen molar-refractivity contribution in [2.45, 2.75) is 38.8 Å². The van der Waals surface area contributed by atoms with Gasteiger partial charge in [-0.05, 0) is 37.5 Å². The second kappa shape index (κ2) is 6.83. The van der Waals surface area contributed by atoms with E-state index in [9.17, 15) is 4.79 Å². The smallest absolute Gasteiger partial charge is 0.219 e. The molecule has 29 heavy (non-hydrogen) atoms. The van der Waals surface area contributed by atoms with E-state index < -0.39 is 0 Å². The maximum Gasteiger partial charge on any atom is 0.219 e. The molecule has 3 aliphatic rings. The summed E-state index contributed by atoms with van der Waals surface area (Å²) in [5.41, 5.74) is 4.02. The molecule has 0 N–H and O–H groups in total. The zero-order valence-corrected chi connectivity index (χ0v) is 16.9. The summed E-state index contributed by atoms with van der Waals surface area (Å²) in [6, 6.07) is 8.25. The van der Waals surface area contributed by atoms with Gasteiger partial charge in [0, 0.05) is 44.7 Å². The van der Waals surface area contributed by atoms with Crippen LogP contribution >= 0.6 is 0 Å². The molecule has 1 saturated heterocycles. The predicted octanol–water partition coefficient (Wildman–Crippen LogP) is 2.43. The molecule has 1 aliphatic carbocycles. The second-order valence-corrected chi connectivity index (χ2v) is 8.29. The van der Waals surface area contributed by atoms with Crippen molar-refractivity contribution in [1.82, 2.24) is 14.9 Å². The van der Waals surface area contributed by atoms with Crippen LogP contribution in [0.1, 0.15) is 43.5 Å². The average Bonchev–Trinajstić information content (AvgIpc) is 3.31. The van der Waals surface area contributed by atoms with Crippen molar-refractivity contribution in [3.63, 3.8) is 0 Å². The van der Waals surface area contributed by atoms with Crippen LogP contribution in [0.15, 0.2) is 35.6 Å². The van der Waals surface area contributed by atoms with Crippen LogP contribution in [0.25, 0.3) is 0 Å². The van der Waals surface area contributed by atoms with Gasteiger partial charge in [0.15, 0.2) is 0 Å². The van der Waals surface area contributed by atoms with Crippen LogP contribution in [0.4, 0.5) is 5.82 Å². The minimum Gasteiger partial charge on any atom is -0.488 e. The van der Waals surface area contributed by atoms with Gasteiger partial charge in [0.25, 0.3) is 0 Å². The number of benzene rings is 1. The number of aromatic nitrogens is 2. The molecule has 0 atom stereocenters. The van der Waals surface area contributed by atoms with E-state index in [2.05, 4.69) is 33.9 Å². The van der Waals surface area contributed by atoms with Crippen molar-refractivity contribution in [1.29, 1.82) is 0 Å². The predicted molar refractivity (Wildman–Crippen MR) is 111 cm³/mol. The summed E-state index contributed by atoms with van der Waals surface area (Å²) in [5.74, 6) is 1.91. The Balaban J connectivity index is 1.37. The van der Waals surface area contributed by atoms with Crippen molar-refractivity contribution in [2.75, 3.05) is 31.1 Å². The van der Waals surface area contributed by atoms with Gasteiger partial charge in [-0.25, -0.2) is 9.97 Å². The highest BCUT2D eigenvalue weighted by molar-refractivity contribution is 6.14. The molecule has 0 spiro atoms. The topological polar surface area (TPSA) is 70.9 Å². The molecular formula is C22H25N5O2. The van der Waals surface area contributed by atoms with Crippen LogP contribution in [-0.2, 0) is 11.3 Å². The summed E-state index contributed by atoms with van der Waals surface area (Å²) in [7, 11) is 0. The summed E-state index contributed by atoms with van der Waals surface area (Å²) >= 11 is 0. The number of anilines is 1. The van der Waals surface area contributed by atoms with E-state index in [1.54, 1.807) is 13.3 Å². The van der Waals surface area contributed by atoms with Gasteiger partial charge in [0.2, 0.25) is 5.91 Å². The van der Waals surface area contributed by atoms with Gasteiger partial charge >= 0.3 is 0 Å². The van der Waals surface area contributed by atoms with Crippen molar-refractivity contribution in [3.8, 4) is 5.75 Å². The maximum atomic E-state index is 11.6. The van der Waals surface area contributed by atoms with Gasteiger partial charge in [-0.2, -0.15) is 0 Å². The quantitative estimate of drug-likeness (QED) is 0.801. The summed E-state index contributed by atoms with van der Waals surface area (Å²) < 4.78 is 6.14. The molecule has 150 valence electrons. The number of carbonyl (C=O) groups is 1. The number of fused-ring (bicyclic) bond motifs is 1. The van der Waals surface area contributed by atoms with Crippen LogP contribution in [0.2, 0.25) is 0 Å². The largest absolute Gasteiger partial charge is 0.488 e. The number of aliphatic imine (C=N–C) groups is 1. The van der Waals surface area contributed by atoms with E-state index in [0.29, 0.717) is 6.54 Å². The molecule has 7 heteroatoms. The number of piperazine rings is 1. The first-order valence-corrected chi connectivity index (χ1v) is 10.2. The van der Waals surface area contributed by atoms with Gasteiger partial charge < -0.3 is 14.5 Å². The fourth-order valence-electron chi connectivity index (χ4n) is 3.91. The fourth-order valence-corrected chi connectivity index (χ4v) is 3.91. The SMILES string of the molecule is CC(=O)N1CCN(c2cc(C3=NCc4ccc(OC5(C)CC5)cc43)ncn2)CC1. The Kier molecular flexibility index (Phi) is 4.26. The molecular weight excluding hydrogens is 366 g/mol. The van der Waals surface area contributed by atoms with E-state index >= 15 is 0 Å². The number of amides is 1. The first-order valence-electron chi connectivity index (χ1n) is 10.2. The highest BCUT2D eigenvalue weighted by Gasteiger charge is 2.40. The highest BCUT2D eigenvalue weighted by atomic mass is 16.5. The lowest BCUT2D eigenvalue weighted by Gasteiger charge is -2.34. The molecule has 0 unspecified atom stereocenters. The average molecular weight is 391 g/mol. The molecule has 5 rings (SSSR count). The van der Waals surface area contributed by atoms with Crippen LogP contribution < -0.4 is 9.64 Å². The van der Waals surface area contributed by atoms with Gasteiger partial charge in [0.05, 0.1) is 18.0 Å². The van der Waals surface area contributed by atoms with E-state index in [1.807, 2.05) is 17.0 Å². The Labute approximate surface area is 170 Å². The van der Waals surface area contributed by atoms with Crippen LogP contribution in [0.5, 0.6) is 5.75 Å². The first kappa shape index (κ1) is 18.1. The van der Waals surface area contributed by atoms with E-state index in [4.69, 9.17) is 9.73 Å². The van der Waals surface area contributed by atoms with Crippen molar-refractivity contribution < 1.29 is 9.53 Å². The Morgan fingerprint density at radius 2 is 1.90 bits per heavy atom. The zero-order valence-electron chi connectivity index (χ0n) is 16.9. The van der Waals surface area contributed by atoms with E-state index in [-0.39, 0.29) is 11.5 Å². The molecule has 0 radical (unpaired) electrons. The molecule has 2 aromatic rings. The maximum absolute atomic E-state index is 11.6. The highest BCUT2D eigenvalue weighted by Crippen LogP contribution is 2.40. The van der Waals surface area contributed by atoms with E-state index in [0.717, 1.165) is 67.6 Å². The molecule has 2 aliphatic heterocycles. The number of hydrogen-bond donors (Lipinski definition) is 0. The number of ether oxygens (including phenoxy) is 1. The molecule has 1 amide bonds. The molecule has 7 nitrogen and oxygen atoms in total. The Morgan fingerprint density at radius 3 is 2.62 bits per heavy atom. The van der Waals surface area contributed by atoms with Gasteiger partial charge in [0.1, 0.15) is 23.5 Å². The van der Waals surface area contributed by atoms with E-state index in [1.165, 1.54) is 5.56 Å².